The Labute approximate surface area is 173 Å². The third-order valence-electron chi connectivity index (χ3n) is 4.96. The Morgan fingerprint density at radius 2 is 1.67 bits per heavy atom. The SMILES string of the molecule is CCCCOC(=O)[C@H](C)O[C@@H]1O[C@H](CO[C@@H]2OC[C@H](O)[C@H](O)[C@H]2O)[C@@H](O)[C@H](O)[C@H]1O. The number of hydrogen-bond donors (Lipinski definition) is 6. The van der Waals surface area contributed by atoms with E-state index in [0.717, 1.165) is 6.42 Å². The first-order chi connectivity index (χ1) is 14.2. The highest BCUT2D eigenvalue weighted by Crippen LogP contribution is 2.25. The lowest BCUT2D eigenvalue weighted by Crippen LogP contribution is -2.61. The van der Waals surface area contributed by atoms with Crippen LogP contribution < -0.4 is 0 Å². The van der Waals surface area contributed by atoms with Crippen LogP contribution in [0.5, 0.6) is 0 Å². The molecule has 12 heteroatoms. The number of unbranched alkanes of at least 4 members (excludes halogenated alkanes) is 1. The number of carbonyl (C=O) groups is 1. The Morgan fingerprint density at radius 1 is 1.00 bits per heavy atom. The van der Waals surface area contributed by atoms with Crippen molar-refractivity contribution < 1.29 is 59.1 Å². The summed E-state index contributed by atoms with van der Waals surface area (Å²) in [5.74, 6) is -0.668. The fourth-order valence-electron chi connectivity index (χ4n) is 2.97. The Morgan fingerprint density at radius 3 is 2.33 bits per heavy atom. The van der Waals surface area contributed by atoms with Crippen LogP contribution in [0.25, 0.3) is 0 Å². The zero-order chi connectivity index (χ0) is 22.4. The summed E-state index contributed by atoms with van der Waals surface area (Å²) in [6, 6.07) is 0. The quantitative estimate of drug-likeness (QED) is 0.158. The van der Waals surface area contributed by atoms with Gasteiger partial charge in [-0.05, 0) is 13.3 Å². The lowest BCUT2D eigenvalue weighted by Gasteiger charge is -2.41. The molecule has 30 heavy (non-hydrogen) atoms. The van der Waals surface area contributed by atoms with Crippen molar-refractivity contribution >= 4 is 5.97 Å². The van der Waals surface area contributed by atoms with Gasteiger partial charge in [0.05, 0.1) is 19.8 Å². The van der Waals surface area contributed by atoms with Crippen molar-refractivity contribution in [2.75, 3.05) is 19.8 Å². The maximum absolute atomic E-state index is 11.9. The lowest BCUT2D eigenvalue weighted by molar-refractivity contribution is -0.325. The van der Waals surface area contributed by atoms with Crippen LogP contribution in [0.3, 0.4) is 0 Å². The summed E-state index contributed by atoms with van der Waals surface area (Å²) in [5, 5.41) is 59.4. The maximum Gasteiger partial charge on any atom is 0.335 e. The van der Waals surface area contributed by atoms with Crippen molar-refractivity contribution in [3.8, 4) is 0 Å². The van der Waals surface area contributed by atoms with Gasteiger partial charge in [0, 0.05) is 0 Å². The van der Waals surface area contributed by atoms with Crippen LogP contribution in [0.2, 0.25) is 0 Å². The van der Waals surface area contributed by atoms with Gasteiger partial charge >= 0.3 is 5.97 Å². The summed E-state index contributed by atoms with van der Waals surface area (Å²) < 4.78 is 26.2. The lowest BCUT2D eigenvalue weighted by atomic mass is 9.99. The first kappa shape index (κ1) is 25.3. The van der Waals surface area contributed by atoms with Gasteiger partial charge in [-0.2, -0.15) is 0 Å². The van der Waals surface area contributed by atoms with E-state index in [0.29, 0.717) is 6.42 Å². The largest absolute Gasteiger partial charge is 0.464 e. The number of rotatable bonds is 9. The molecule has 0 aliphatic carbocycles. The number of esters is 1. The summed E-state index contributed by atoms with van der Waals surface area (Å²) in [7, 11) is 0. The summed E-state index contributed by atoms with van der Waals surface area (Å²) in [6.45, 7) is 2.87. The van der Waals surface area contributed by atoms with E-state index >= 15 is 0 Å². The van der Waals surface area contributed by atoms with Gasteiger partial charge in [0.15, 0.2) is 18.7 Å². The van der Waals surface area contributed by atoms with E-state index in [9.17, 15) is 35.4 Å². The third kappa shape index (κ3) is 6.29. The highest BCUT2D eigenvalue weighted by Gasteiger charge is 2.46. The normalized spacial score (nSPS) is 40.7. The molecule has 0 radical (unpaired) electrons. The molecular weight excluding hydrogens is 408 g/mol. The molecule has 0 aromatic carbocycles. The van der Waals surface area contributed by atoms with E-state index < -0.39 is 74.0 Å². The second-order valence-corrected chi connectivity index (χ2v) is 7.40. The highest BCUT2D eigenvalue weighted by atomic mass is 16.7. The number of aliphatic hydroxyl groups excluding tert-OH is 6. The van der Waals surface area contributed by atoms with Crippen LogP contribution in [-0.4, -0.2) is 118 Å². The maximum atomic E-state index is 11.9. The summed E-state index contributed by atoms with van der Waals surface area (Å²) >= 11 is 0. The van der Waals surface area contributed by atoms with Gasteiger partial charge in [-0.3, -0.25) is 0 Å². The minimum Gasteiger partial charge on any atom is -0.464 e. The molecule has 0 aromatic heterocycles. The standard InChI is InChI=1S/C18H32O12/c1-3-4-5-26-16(25)8(2)29-18-15(24)13(22)12(21)10(30-18)7-28-17-14(23)11(20)9(19)6-27-17/h8-15,17-24H,3-7H2,1-2H3/t8-,9-,10+,11-,12+,13-,14+,15+,17-,18+/m0/s1. The van der Waals surface area contributed by atoms with Crippen LogP contribution in [0.1, 0.15) is 26.7 Å². The molecule has 2 saturated heterocycles. The summed E-state index contributed by atoms with van der Waals surface area (Å²) in [6.07, 6.45) is -12.7. The van der Waals surface area contributed by atoms with Gasteiger partial charge in [0.1, 0.15) is 42.7 Å². The summed E-state index contributed by atoms with van der Waals surface area (Å²) in [4.78, 5) is 11.9. The molecule has 0 spiro atoms. The molecule has 0 aromatic rings. The predicted molar refractivity (Wildman–Crippen MR) is 96.8 cm³/mol. The average molecular weight is 440 g/mol. The van der Waals surface area contributed by atoms with E-state index in [1.54, 1.807) is 0 Å². The number of ether oxygens (including phenoxy) is 5. The van der Waals surface area contributed by atoms with Gasteiger partial charge in [-0.25, -0.2) is 4.79 Å². The Hall–Kier alpha value is -0.930. The van der Waals surface area contributed by atoms with Gasteiger partial charge in [-0.1, -0.05) is 13.3 Å². The van der Waals surface area contributed by atoms with E-state index in [2.05, 4.69) is 0 Å². The molecule has 2 aliphatic heterocycles. The van der Waals surface area contributed by atoms with Crippen molar-refractivity contribution in [2.45, 2.75) is 88.1 Å². The minimum atomic E-state index is -1.66. The molecule has 2 fully saturated rings. The highest BCUT2D eigenvalue weighted by molar-refractivity contribution is 5.74. The first-order valence-corrected chi connectivity index (χ1v) is 9.96. The fourth-order valence-corrected chi connectivity index (χ4v) is 2.97. The van der Waals surface area contributed by atoms with Crippen molar-refractivity contribution in [1.29, 1.82) is 0 Å². The molecule has 0 bridgehead atoms. The molecule has 10 atom stereocenters. The van der Waals surface area contributed by atoms with Crippen molar-refractivity contribution in [3.05, 3.63) is 0 Å². The zero-order valence-electron chi connectivity index (χ0n) is 16.9. The first-order valence-electron chi connectivity index (χ1n) is 9.96. The van der Waals surface area contributed by atoms with E-state index in [4.69, 9.17) is 23.7 Å². The molecule has 0 saturated carbocycles. The Bertz CT molecular complexity index is 533. The van der Waals surface area contributed by atoms with Crippen LogP contribution in [0, 0.1) is 0 Å². The topological polar surface area (TPSA) is 185 Å². The zero-order valence-corrected chi connectivity index (χ0v) is 16.9. The van der Waals surface area contributed by atoms with Gasteiger partial charge in [-0.15, -0.1) is 0 Å². The minimum absolute atomic E-state index is 0.221. The van der Waals surface area contributed by atoms with E-state index in [-0.39, 0.29) is 13.2 Å². The van der Waals surface area contributed by atoms with E-state index in [1.807, 2.05) is 6.92 Å². The number of aliphatic hydroxyl groups is 6. The number of hydrogen-bond acceptors (Lipinski definition) is 12. The molecule has 2 aliphatic rings. The average Bonchev–Trinajstić information content (AvgIpc) is 2.72. The molecule has 176 valence electrons. The fraction of sp³-hybridized carbons (Fsp3) is 0.944. The van der Waals surface area contributed by atoms with Gasteiger partial charge in [0.2, 0.25) is 0 Å². The van der Waals surface area contributed by atoms with Crippen molar-refractivity contribution in [2.24, 2.45) is 0 Å². The molecule has 6 N–H and O–H groups in total. The number of carbonyl (C=O) groups excluding carboxylic acids is 1. The molecule has 0 unspecified atom stereocenters. The monoisotopic (exact) mass is 440 g/mol. The molecular formula is C18H32O12. The molecule has 12 nitrogen and oxygen atoms in total. The van der Waals surface area contributed by atoms with Crippen molar-refractivity contribution in [3.63, 3.8) is 0 Å². The molecule has 0 amide bonds. The molecule has 2 heterocycles. The van der Waals surface area contributed by atoms with Crippen LogP contribution >= 0.6 is 0 Å². The van der Waals surface area contributed by atoms with Crippen LogP contribution in [0.15, 0.2) is 0 Å². The summed E-state index contributed by atoms with van der Waals surface area (Å²) in [5.41, 5.74) is 0. The predicted octanol–water partition coefficient (Wildman–Crippen LogP) is -3.00. The second kappa shape index (κ2) is 11.6. The van der Waals surface area contributed by atoms with Crippen LogP contribution in [-0.2, 0) is 28.5 Å². The second-order valence-electron chi connectivity index (χ2n) is 7.40. The molecule has 2 rings (SSSR count). The third-order valence-corrected chi connectivity index (χ3v) is 4.96. The van der Waals surface area contributed by atoms with Gasteiger partial charge in [0.25, 0.3) is 0 Å². The Balaban J connectivity index is 1.91. The van der Waals surface area contributed by atoms with Crippen molar-refractivity contribution in [1.82, 2.24) is 0 Å². The van der Waals surface area contributed by atoms with Gasteiger partial charge < -0.3 is 54.3 Å². The smallest absolute Gasteiger partial charge is 0.335 e. The van der Waals surface area contributed by atoms with E-state index in [1.165, 1.54) is 6.92 Å². The van der Waals surface area contributed by atoms with Crippen LogP contribution in [0.4, 0.5) is 0 Å². The Kier molecular flexibility index (Phi) is 9.81.